The highest BCUT2D eigenvalue weighted by molar-refractivity contribution is 7.94. The van der Waals surface area contributed by atoms with E-state index >= 15 is 0 Å². The zero-order valence-corrected chi connectivity index (χ0v) is 11.8. The first kappa shape index (κ1) is 13.7. The lowest BCUT2D eigenvalue weighted by Gasteiger charge is -2.42. The summed E-state index contributed by atoms with van der Waals surface area (Å²) in [7, 11) is -3.70. The molecule has 0 N–H and O–H groups in total. The van der Waals surface area contributed by atoms with E-state index in [0.29, 0.717) is 9.87 Å². The van der Waals surface area contributed by atoms with Crippen molar-refractivity contribution >= 4 is 21.7 Å². The van der Waals surface area contributed by atoms with E-state index in [1.165, 1.54) is 13.8 Å². The molecule has 1 heterocycles. The number of nitrogens with zero attached hydrogens (tertiary/aromatic N) is 1. The monoisotopic (exact) mass is 281 g/mol. The maximum Gasteiger partial charge on any atom is 0.259 e. The SMILES string of the molecule is Cc1cccc(C(=O)CN2C(=O)C(C)(C)S2(=O)=O)c1. The lowest BCUT2D eigenvalue weighted by atomic mass is 10.1. The molecule has 6 heteroatoms. The van der Waals surface area contributed by atoms with Crippen molar-refractivity contribution in [2.75, 3.05) is 6.54 Å². The van der Waals surface area contributed by atoms with Gasteiger partial charge in [-0.2, -0.15) is 0 Å². The van der Waals surface area contributed by atoms with E-state index < -0.39 is 27.2 Å². The fraction of sp³-hybridized carbons (Fsp3) is 0.385. The van der Waals surface area contributed by atoms with Gasteiger partial charge in [0.05, 0.1) is 0 Å². The summed E-state index contributed by atoms with van der Waals surface area (Å²) in [6.45, 7) is 4.11. The van der Waals surface area contributed by atoms with Crippen molar-refractivity contribution in [3.05, 3.63) is 35.4 Å². The molecule has 1 aromatic rings. The predicted molar refractivity (Wildman–Crippen MR) is 70.2 cm³/mol. The maximum atomic E-state index is 12.0. The van der Waals surface area contributed by atoms with Crippen molar-refractivity contribution < 1.29 is 18.0 Å². The van der Waals surface area contributed by atoms with E-state index in [1.54, 1.807) is 18.2 Å². The molecular weight excluding hydrogens is 266 g/mol. The van der Waals surface area contributed by atoms with Crippen LogP contribution in [0.5, 0.6) is 0 Å². The van der Waals surface area contributed by atoms with Gasteiger partial charge in [-0.25, -0.2) is 12.7 Å². The molecule has 1 aliphatic rings. The summed E-state index contributed by atoms with van der Waals surface area (Å²) in [5.74, 6) is -0.912. The number of benzene rings is 1. The third-order valence-corrected chi connectivity index (χ3v) is 5.64. The second-order valence-corrected chi connectivity index (χ2v) is 7.53. The molecule has 2 rings (SSSR count). The fourth-order valence-electron chi connectivity index (χ4n) is 1.95. The Balaban J connectivity index is 2.20. The van der Waals surface area contributed by atoms with E-state index in [9.17, 15) is 18.0 Å². The van der Waals surface area contributed by atoms with Gasteiger partial charge < -0.3 is 0 Å². The summed E-state index contributed by atoms with van der Waals surface area (Å²) < 4.78 is 23.0. The summed E-state index contributed by atoms with van der Waals surface area (Å²) >= 11 is 0. The summed E-state index contributed by atoms with van der Waals surface area (Å²) in [5.41, 5.74) is 1.32. The van der Waals surface area contributed by atoms with E-state index in [2.05, 4.69) is 0 Å². The van der Waals surface area contributed by atoms with Gasteiger partial charge in [-0.15, -0.1) is 0 Å². The first-order valence-corrected chi connectivity index (χ1v) is 7.28. The Morgan fingerprint density at radius 3 is 2.47 bits per heavy atom. The van der Waals surface area contributed by atoms with Gasteiger partial charge in [-0.3, -0.25) is 9.59 Å². The molecule has 1 aromatic carbocycles. The number of amides is 1. The molecule has 1 fully saturated rings. The number of sulfonamides is 1. The van der Waals surface area contributed by atoms with Crippen LogP contribution in [0.4, 0.5) is 0 Å². The van der Waals surface area contributed by atoms with Gasteiger partial charge in [0.2, 0.25) is 0 Å². The molecule has 102 valence electrons. The normalized spacial score (nSPS) is 19.9. The van der Waals surface area contributed by atoms with E-state index in [4.69, 9.17) is 0 Å². The van der Waals surface area contributed by atoms with Crippen molar-refractivity contribution in [3.63, 3.8) is 0 Å². The molecular formula is C13H15NO4S. The highest BCUT2D eigenvalue weighted by atomic mass is 32.2. The Morgan fingerprint density at radius 2 is 1.95 bits per heavy atom. The van der Waals surface area contributed by atoms with Crippen LogP contribution in [-0.4, -0.2) is 35.7 Å². The zero-order valence-electron chi connectivity index (χ0n) is 11.0. The Hall–Kier alpha value is -1.69. The quantitative estimate of drug-likeness (QED) is 0.779. The van der Waals surface area contributed by atoms with Gasteiger partial charge in [-0.1, -0.05) is 23.8 Å². The van der Waals surface area contributed by atoms with E-state index in [1.807, 2.05) is 13.0 Å². The predicted octanol–water partition coefficient (Wildman–Crippen LogP) is 1.13. The highest BCUT2D eigenvalue weighted by Gasteiger charge is 2.60. The number of aryl methyl sites for hydroxylation is 1. The van der Waals surface area contributed by atoms with Gasteiger partial charge >= 0.3 is 0 Å². The van der Waals surface area contributed by atoms with Gasteiger partial charge in [0.15, 0.2) is 10.5 Å². The first-order chi connectivity index (χ1) is 8.68. The molecule has 0 saturated carbocycles. The van der Waals surface area contributed by atoms with Crippen LogP contribution in [0.15, 0.2) is 24.3 Å². The van der Waals surface area contributed by atoms with E-state index in [-0.39, 0.29) is 5.78 Å². The number of Topliss-reactive ketones (excluding diaryl/α,β-unsaturated/α-hetero) is 1. The molecule has 5 nitrogen and oxygen atoms in total. The second kappa shape index (κ2) is 4.16. The number of hydrogen-bond acceptors (Lipinski definition) is 4. The molecule has 0 unspecified atom stereocenters. The number of carbonyl (C=O) groups is 2. The lowest BCUT2D eigenvalue weighted by Crippen LogP contribution is -2.68. The fourth-order valence-corrected chi connectivity index (χ4v) is 3.44. The smallest absolute Gasteiger partial charge is 0.259 e. The molecule has 1 amide bonds. The Labute approximate surface area is 112 Å². The third kappa shape index (κ3) is 1.96. The van der Waals surface area contributed by atoms with Crippen LogP contribution in [0.2, 0.25) is 0 Å². The molecule has 0 spiro atoms. The third-order valence-electron chi connectivity index (χ3n) is 3.30. The zero-order chi connectivity index (χ0) is 14.4. The average Bonchev–Trinajstić information content (AvgIpc) is 2.34. The van der Waals surface area contributed by atoms with Crippen LogP contribution in [0.3, 0.4) is 0 Å². The second-order valence-electron chi connectivity index (χ2n) is 5.12. The van der Waals surface area contributed by atoms with E-state index in [0.717, 1.165) is 5.56 Å². The largest absolute Gasteiger partial charge is 0.292 e. The van der Waals surface area contributed by atoms with Gasteiger partial charge in [-0.05, 0) is 26.8 Å². The Bertz CT molecular complexity index is 661. The van der Waals surface area contributed by atoms with Crippen molar-refractivity contribution in [1.82, 2.24) is 4.31 Å². The molecule has 0 atom stereocenters. The number of ketones is 1. The summed E-state index contributed by atoms with van der Waals surface area (Å²) in [4.78, 5) is 23.7. The van der Waals surface area contributed by atoms with Crippen molar-refractivity contribution in [3.8, 4) is 0 Å². The van der Waals surface area contributed by atoms with Crippen LogP contribution in [0.1, 0.15) is 29.8 Å². The van der Waals surface area contributed by atoms with Crippen LogP contribution >= 0.6 is 0 Å². The maximum absolute atomic E-state index is 12.0. The van der Waals surface area contributed by atoms with Crippen LogP contribution in [0, 0.1) is 6.92 Å². The highest BCUT2D eigenvalue weighted by Crippen LogP contribution is 2.34. The summed E-state index contributed by atoms with van der Waals surface area (Å²) in [6, 6.07) is 6.84. The number of hydrogen-bond donors (Lipinski definition) is 0. The van der Waals surface area contributed by atoms with Crippen LogP contribution in [0.25, 0.3) is 0 Å². The number of carbonyl (C=O) groups excluding carboxylic acids is 2. The first-order valence-electron chi connectivity index (χ1n) is 5.84. The number of rotatable bonds is 3. The minimum Gasteiger partial charge on any atom is -0.292 e. The Morgan fingerprint density at radius 1 is 1.32 bits per heavy atom. The van der Waals surface area contributed by atoms with Crippen molar-refractivity contribution in [1.29, 1.82) is 0 Å². The molecule has 0 bridgehead atoms. The topological polar surface area (TPSA) is 71.5 Å². The molecule has 1 aliphatic heterocycles. The molecule has 0 aliphatic carbocycles. The van der Waals surface area contributed by atoms with Crippen LogP contribution < -0.4 is 0 Å². The molecule has 19 heavy (non-hydrogen) atoms. The summed E-state index contributed by atoms with van der Waals surface area (Å²) in [5, 5.41) is 0. The summed E-state index contributed by atoms with van der Waals surface area (Å²) in [6.07, 6.45) is 0. The molecule has 0 radical (unpaired) electrons. The minimum atomic E-state index is -3.70. The van der Waals surface area contributed by atoms with Gasteiger partial charge in [0.1, 0.15) is 6.54 Å². The molecule has 0 aromatic heterocycles. The van der Waals surface area contributed by atoms with Gasteiger partial charge in [0, 0.05) is 5.56 Å². The molecule has 1 saturated heterocycles. The van der Waals surface area contributed by atoms with Crippen LogP contribution in [-0.2, 0) is 14.8 Å². The minimum absolute atomic E-state index is 0.379. The van der Waals surface area contributed by atoms with Crippen molar-refractivity contribution in [2.24, 2.45) is 0 Å². The lowest BCUT2D eigenvalue weighted by molar-refractivity contribution is -0.131. The van der Waals surface area contributed by atoms with Gasteiger partial charge in [0.25, 0.3) is 15.9 Å². The average molecular weight is 281 g/mol. The van der Waals surface area contributed by atoms with Crippen molar-refractivity contribution in [2.45, 2.75) is 25.5 Å². The Kier molecular flexibility index (Phi) is 3.01. The standard InChI is InChI=1S/C13H15NO4S/c1-9-5-4-6-10(7-9)11(15)8-14-12(16)13(2,3)19(14,17)18/h4-7H,8H2,1-3H3.